The lowest BCUT2D eigenvalue weighted by molar-refractivity contribution is -0.152. The fraction of sp³-hybridized carbons (Fsp3) is 0.500. The molecule has 0 spiro atoms. The summed E-state index contributed by atoms with van der Waals surface area (Å²) in [6.45, 7) is 1.89. The van der Waals surface area contributed by atoms with Gasteiger partial charge < -0.3 is 9.57 Å². The van der Waals surface area contributed by atoms with E-state index in [1.807, 2.05) is 20.2 Å². The third-order valence-corrected chi connectivity index (χ3v) is 2.46. The Balaban J connectivity index is 2.14. The lowest BCUT2D eigenvalue weighted by Crippen LogP contribution is -2.22. The molecule has 1 aliphatic heterocycles. The van der Waals surface area contributed by atoms with Crippen LogP contribution in [0.4, 0.5) is 0 Å². The number of methoxy groups -OCH3 is 1. The van der Waals surface area contributed by atoms with Crippen molar-refractivity contribution in [3.63, 3.8) is 0 Å². The molecule has 1 aromatic rings. The molecule has 6 nitrogen and oxygen atoms in total. The topological polar surface area (TPSA) is 65.7 Å². The first-order valence-electron chi connectivity index (χ1n) is 4.93. The Kier molecular flexibility index (Phi) is 2.64. The van der Waals surface area contributed by atoms with E-state index in [2.05, 4.69) is 15.0 Å². The Bertz CT molecular complexity index is 450. The van der Waals surface area contributed by atoms with Crippen LogP contribution in [0.3, 0.4) is 0 Å². The summed E-state index contributed by atoms with van der Waals surface area (Å²) in [7, 11) is 3.17. The number of oxime groups is 1. The van der Waals surface area contributed by atoms with Crippen LogP contribution in [-0.4, -0.2) is 34.7 Å². The Labute approximate surface area is 92.8 Å². The molecule has 1 aliphatic rings. The number of carbonyl (C=O) groups excluding carboxylic acids is 1. The maximum atomic E-state index is 11.2. The summed E-state index contributed by atoms with van der Waals surface area (Å²) in [6.07, 6.45) is 1.66. The molecule has 16 heavy (non-hydrogen) atoms. The quantitative estimate of drug-likeness (QED) is 0.680. The SMILES string of the molecule is COC(=O)[C@@H]1CC(c2cn(C)nc2C)=NO1. The highest BCUT2D eigenvalue weighted by Crippen LogP contribution is 2.19. The van der Waals surface area contributed by atoms with Gasteiger partial charge >= 0.3 is 5.97 Å². The van der Waals surface area contributed by atoms with E-state index in [4.69, 9.17) is 4.84 Å². The van der Waals surface area contributed by atoms with Gasteiger partial charge in [0.15, 0.2) is 0 Å². The molecule has 0 aromatic carbocycles. The van der Waals surface area contributed by atoms with Gasteiger partial charge in [0, 0.05) is 25.2 Å². The fourth-order valence-corrected chi connectivity index (χ4v) is 1.68. The number of rotatable bonds is 2. The lowest BCUT2D eigenvalue weighted by atomic mass is 10.1. The number of aromatic nitrogens is 2. The van der Waals surface area contributed by atoms with Crippen molar-refractivity contribution in [2.75, 3.05) is 7.11 Å². The molecule has 1 atom stereocenters. The first kappa shape index (κ1) is 10.7. The number of esters is 1. The monoisotopic (exact) mass is 223 g/mol. The van der Waals surface area contributed by atoms with E-state index in [1.165, 1.54) is 7.11 Å². The zero-order valence-electron chi connectivity index (χ0n) is 9.43. The van der Waals surface area contributed by atoms with Gasteiger partial charge in [-0.15, -0.1) is 0 Å². The van der Waals surface area contributed by atoms with Crippen LogP contribution in [0.25, 0.3) is 0 Å². The molecule has 0 saturated carbocycles. The van der Waals surface area contributed by atoms with Gasteiger partial charge in [-0.2, -0.15) is 5.10 Å². The molecule has 0 unspecified atom stereocenters. The highest BCUT2D eigenvalue weighted by molar-refractivity contribution is 6.04. The molecule has 1 aromatic heterocycles. The molecule has 0 fully saturated rings. The van der Waals surface area contributed by atoms with E-state index in [0.717, 1.165) is 17.0 Å². The average molecular weight is 223 g/mol. The zero-order chi connectivity index (χ0) is 11.7. The first-order valence-corrected chi connectivity index (χ1v) is 4.93. The standard InChI is InChI=1S/C10H13N3O3/c1-6-7(5-13(2)11-6)8-4-9(16-12-8)10(14)15-3/h5,9H,4H2,1-3H3/t9-/m0/s1. The maximum absolute atomic E-state index is 11.2. The summed E-state index contributed by atoms with van der Waals surface area (Å²) < 4.78 is 6.30. The minimum atomic E-state index is -0.625. The highest BCUT2D eigenvalue weighted by Gasteiger charge is 2.30. The van der Waals surface area contributed by atoms with Gasteiger partial charge in [-0.25, -0.2) is 4.79 Å². The van der Waals surface area contributed by atoms with E-state index < -0.39 is 12.1 Å². The second kappa shape index (κ2) is 3.96. The number of hydrogen-bond acceptors (Lipinski definition) is 5. The van der Waals surface area contributed by atoms with E-state index >= 15 is 0 Å². The molecule has 0 saturated heterocycles. The normalized spacial score (nSPS) is 19.2. The molecular weight excluding hydrogens is 210 g/mol. The van der Waals surface area contributed by atoms with Crippen LogP contribution in [0.15, 0.2) is 11.4 Å². The van der Waals surface area contributed by atoms with Gasteiger partial charge in [-0.3, -0.25) is 4.68 Å². The summed E-state index contributed by atoms with van der Waals surface area (Å²) in [4.78, 5) is 16.3. The molecule has 0 N–H and O–H groups in total. The Hall–Kier alpha value is -1.85. The van der Waals surface area contributed by atoms with Gasteiger partial charge in [-0.1, -0.05) is 5.16 Å². The Morgan fingerprint density at radius 3 is 3.00 bits per heavy atom. The Morgan fingerprint density at radius 2 is 2.44 bits per heavy atom. The molecule has 0 bridgehead atoms. The largest absolute Gasteiger partial charge is 0.466 e. The van der Waals surface area contributed by atoms with Crippen molar-refractivity contribution < 1.29 is 14.4 Å². The van der Waals surface area contributed by atoms with Gasteiger partial charge in [0.05, 0.1) is 18.5 Å². The Morgan fingerprint density at radius 1 is 1.69 bits per heavy atom. The summed E-state index contributed by atoms with van der Waals surface area (Å²) in [5, 5.41) is 8.10. The van der Waals surface area contributed by atoms with Gasteiger partial charge in [0.2, 0.25) is 6.10 Å². The lowest BCUT2D eigenvalue weighted by Gasteiger charge is -2.03. The van der Waals surface area contributed by atoms with Gasteiger partial charge in [-0.05, 0) is 6.92 Å². The number of carbonyl (C=O) groups is 1. The van der Waals surface area contributed by atoms with Gasteiger partial charge in [0.1, 0.15) is 0 Å². The van der Waals surface area contributed by atoms with E-state index in [-0.39, 0.29) is 0 Å². The second-order valence-corrected chi connectivity index (χ2v) is 3.66. The number of ether oxygens (including phenoxy) is 1. The molecule has 86 valence electrons. The van der Waals surface area contributed by atoms with Crippen molar-refractivity contribution >= 4 is 11.7 Å². The van der Waals surface area contributed by atoms with Crippen LogP contribution in [0.2, 0.25) is 0 Å². The molecule has 0 aliphatic carbocycles. The van der Waals surface area contributed by atoms with Crippen LogP contribution in [0.1, 0.15) is 17.7 Å². The third kappa shape index (κ3) is 1.78. The van der Waals surface area contributed by atoms with Crippen LogP contribution >= 0.6 is 0 Å². The van der Waals surface area contributed by atoms with Crippen molar-refractivity contribution in [2.45, 2.75) is 19.4 Å². The molecule has 2 rings (SSSR count). The van der Waals surface area contributed by atoms with Crippen molar-refractivity contribution in [2.24, 2.45) is 12.2 Å². The van der Waals surface area contributed by atoms with Crippen molar-refractivity contribution in [1.29, 1.82) is 0 Å². The van der Waals surface area contributed by atoms with Crippen LogP contribution in [0.5, 0.6) is 0 Å². The molecular formula is C10H13N3O3. The molecule has 2 heterocycles. The maximum Gasteiger partial charge on any atom is 0.350 e. The predicted molar refractivity (Wildman–Crippen MR) is 56.0 cm³/mol. The summed E-state index contributed by atoms with van der Waals surface area (Å²) >= 11 is 0. The van der Waals surface area contributed by atoms with Gasteiger partial charge in [0.25, 0.3) is 0 Å². The molecule has 6 heteroatoms. The number of aryl methyl sites for hydroxylation is 2. The highest BCUT2D eigenvalue weighted by atomic mass is 16.7. The van der Waals surface area contributed by atoms with E-state index in [0.29, 0.717) is 6.42 Å². The second-order valence-electron chi connectivity index (χ2n) is 3.66. The molecule has 0 amide bonds. The minimum absolute atomic E-state index is 0.403. The van der Waals surface area contributed by atoms with Crippen molar-refractivity contribution in [3.8, 4) is 0 Å². The average Bonchev–Trinajstić information content (AvgIpc) is 2.83. The number of hydrogen-bond donors (Lipinski definition) is 0. The van der Waals surface area contributed by atoms with Crippen molar-refractivity contribution in [1.82, 2.24) is 9.78 Å². The van der Waals surface area contributed by atoms with Crippen LogP contribution in [-0.2, 0) is 21.4 Å². The zero-order valence-corrected chi connectivity index (χ0v) is 9.43. The van der Waals surface area contributed by atoms with E-state index in [1.54, 1.807) is 4.68 Å². The van der Waals surface area contributed by atoms with Crippen LogP contribution < -0.4 is 0 Å². The number of nitrogens with zero attached hydrogens (tertiary/aromatic N) is 3. The third-order valence-electron chi connectivity index (χ3n) is 2.46. The van der Waals surface area contributed by atoms with Crippen LogP contribution in [0, 0.1) is 6.92 Å². The summed E-state index contributed by atoms with van der Waals surface area (Å²) in [6, 6.07) is 0. The van der Waals surface area contributed by atoms with Crippen molar-refractivity contribution in [3.05, 3.63) is 17.5 Å². The smallest absolute Gasteiger partial charge is 0.350 e. The minimum Gasteiger partial charge on any atom is -0.466 e. The fourth-order valence-electron chi connectivity index (χ4n) is 1.68. The molecule has 0 radical (unpaired) electrons. The first-order chi connectivity index (χ1) is 7.61. The summed E-state index contributed by atoms with van der Waals surface area (Å²) in [5.41, 5.74) is 2.52. The predicted octanol–water partition coefficient (Wildman–Crippen LogP) is 0.395. The van der Waals surface area contributed by atoms with E-state index in [9.17, 15) is 4.79 Å². The summed E-state index contributed by atoms with van der Waals surface area (Å²) in [5.74, 6) is -0.403.